The van der Waals surface area contributed by atoms with Crippen LogP contribution in [-0.2, 0) is 7.05 Å². The predicted octanol–water partition coefficient (Wildman–Crippen LogP) is 3.95. The maximum absolute atomic E-state index is 12.5. The van der Waals surface area contributed by atoms with E-state index < -0.39 is 0 Å². The van der Waals surface area contributed by atoms with Crippen LogP contribution in [0.25, 0.3) is 22.2 Å². The average Bonchev–Trinajstić information content (AvgIpc) is 3.23. The van der Waals surface area contributed by atoms with Crippen molar-refractivity contribution in [2.24, 2.45) is 7.05 Å². The molecule has 1 aromatic carbocycles. The van der Waals surface area contributed by atoms with E-state index in [0.29, 0.717) is 10.7 Å². The fraction of sp³-hybridized carbons (Fsp3) is 0.0556. The van der Waals surface area contributed by atoms with Crippen LogP contribution >= 0.6 is 11.3 Å². The van der Waals surface area contributed by atoms with Gasteiger partial charge in [-0.15, -0.1) is 11.3 Å². The van der Waals surface area contributed by atoms with Gasteiger partial charge < -0.3 is 4.57 Å². The standard InChI is InChI=1S/C18H14N4OS/c1-22-8-6-12-4-5-13(9-16(12)22)17(23)21-18-20-15(11-24-18)14-3-2-7-19-10-14/h2-11H,1H3,(H,20,21,23). The molecule has 24 heavy (non-hydrogen) atoms. The molecular weight excluding hydrogens is 320 g/mol. The first-order valence-corrected chi connectivity index (χ1v) is 8.31. The highest BCUT2D eigenvalue weighted by molar-refractivity contribution is 7.14. The minimum Gasteiger partial charge on any atom is -0.351 e. The molecule has 0 spiro atoms. The summed E-state index contributed by atoms with van der Waals surface area (Å²) in [4.78, 5) is 21.0. The van der Waals surface area contributed by atoms with E-state index in [2.05, 4.69) is 15.3 Å². The Balaban J connectivity index is 1.57. The molecule has 6 heteroatoms. The predicted molar refractivity (Wildman–Crippen MR) is 96.2 cm³/mol. The molecule has 3 aromatic heterocycles. The van der Waals surface area contributed by atoms with Crippen molar-refractivity contribution in [1.29, 1.82) is 0 Å². The van der Waals surface area contributed by atoms with Gasteiger partial charge in [-0.05, 0) is 35.7 Å². The van der Waals surface area contributed by atoms with Gasteiger partial charge in [0.25, 0.3) is 5.91 Å². The largest absolute Gasteiger partial charge is 0.351 e. The van der Waals surface area contributed by atoms with Gasteiger partial charge in [0.1, 0.15) is 0 Å². The van der Waals surface area contributed by atoms with Gasteiger partial charge in [0.15, 0.2) is 5.13 Å². The fourth-order valence-corrected chi connectivity index (χ4v) is 3.27. The van der Waals surface area contributed by atoms with E-state index >= 15 is 0 Å². The van der Waals surface area contributed by atoms with Crippen LogP contribution in [0.2, 0.25) is 0 Å². The van der Waals surface area contributed by atoms with E-state index in [9.17, 15) is 4.79 Å². The van der Waals surface area contributed by atoms with E-state index in [1.807, 2.05) is 59.6 Å². The van der Waals surface area contributed by atoms with Crippen molar-refractivity contribution < 1.29 is 4.79 Å². The molecule has 4 aromatic rings. The highest BCUT2D eigenvalue weighted by Gasteiger charge is 2.11. The second-order valence-electron chi connectivity index (χ2n) is 5.43. The van der Waals surface area contributed by atoms with Crippen LogP contribution in [0.1, 0.15) is 10.4 Å². The van der Waals surface area contributed by atoms with Crippen LogP contribution in [0.3, 0.4) is 0 Å². The number of aryl methyl sites for hydroxylation is 1. The van der Waals surface area contributed by atoms with Crippen molar-refractivity contribution in [3.05, 3.63) is 65.9 Å². The lowest BCUT2D eigenvalue weighted by atomic mass is 10.1. The van der Waals surface area contributed by atoms with Crippen molar-refractivity contribution in [3.63, 3.8) is 0 Å². The summed E-state index contributed by atoms with van der Waals surface area (Å²) < 4.78 is 2.00. The van der Waals surface area contributed by atoms with E-state index in [4.69, 9.17) is 0 Å². The molecular formula is C18H14N4OS. The molecule has 0 atom stereocenters. The molecule has 0 radical (unpaired) electrons. The molecule has 1 N–H and O–H groups in total. The zero-order valence-electron chi connectivity index (χ0n) is 12.9. The van der Waals surface area contributed by atoms with Gasteiger partial charge in [0, 0.05) is 47.7 Å². The quantitative estimate of drug-likeness (QED) is 0.617. The Kier molecular flexibility index (Phi) is 3.59. The fourth-order valence-electron chi connectivity index (χ4n) is 2.55. The lowest BCUT2D eigenvalue weighted by molar-refractivity contribution is 0.102. The summed E-state index contributed by atoms with van der Waals surface area (Å²) in [5, 5.41) is 6.46. The molecule has 0 aliphatic carbocycles. The van der Waals surface area contributed by atoms with Crippen LogP contribution in [0, 0.1) is 0 Å². The number of benzene rings is 1. The summed E-state index contributed by atoms with van der Waals surface area (Å²) in [7, 11) is 1.96. The van der Waals surface area contributed by atoms with Crippen LogP contribution in [0.15, 0.2) is 60.4 Å². The number of nitrogens with zero attached hydrogens (tertiary/aromatic N) is 3. The minimum atomic E-state index is -0.162. The lowest BCUT2D eigenvalue weighted by Gasteiger charge is -2.03. The van der Waals surface area contributed by atoms with Crippen LogP contribution in [-0.4, -0.2) is 20.4 Å². The molecule has 0 saturated heterocycles. The van der Waals surface area contributed by atoms with E-state index in [1.54, 1.807) is 12.4 Å². The summed E-state index contributed by atoms with van der Waals surface area (Å²) in [6.45, 7) is 0. The molecule has 0 unspecified atom stereocenters. The van der Waals surface area contributed by atoms with E-state index in [1.165, 1.54) is 11.3 Å². The van der Waals surface area contributed by atoms with Gasteiger partial charge in [-0.2, -0.15) is 0 Å². The van der Waals surface area contributed by atoms with Crippen LogP contribution in [0.4, 0.5) is 5.13 Å². The zero-order chi connectivity index (χ0) is 16.5. The first-order chi connectivity index (χ1) is 11.7. The number of anilines is 1. The second-order valence-corrected chi connectivity index (χ2v) is 6.29. The van der Waals surface area contributed by atoms with E-state index in [-0.39, 0.29) is 5.91 Å². The SMILES string of the molecule is Cn1ccc2ccc(C(=O)Nc3nc(-c4cccnc4)cs3)cc21. The molecule has 0 fully saturated rings. The smallest absolute Gasteiger partial charge is 0.257 e. The number of aromatic nitrogens is 3. The van der Waals surface area contributed by atoms with Crippen molar-refractivity contribution in [2.75, 3.05) is 5.32 Å². The molecule has 0 saturated carbocycles. The second kappa shape index (κ2) is 5.90. The van der Waals surface area contributed by atoms with Gasteiger partial charge in [0.2, 0.25) is 0 Å². The summed E-state index contributed by atoms with van der Waals surface area (Å²) >= 11 is 1.40. The number of thiazole rings is 1. The number of nitrogens with one attached hydrogen (secondary N) is 1. The van der Waals surface area contributed by atoms with Crippen molar-refractivity contribution in [1.82, 2.24) is 14.5 Å². The highest BCUT2D eigenvalue weighted by atomic mass is 32.1. The number of rotatable bonds is 3. The molecule has 4 rings (SSSR count). The normalized spacial score (nSPS) is 10.9. The van der Waals surface area contributed by atoms with Crippen LogP contribution < -0.4 is 5.32 Å². The minimum absolute atomic E-state index is 0.162. The van der Waals surface area contributed by atoms with Crippen LogP contribution in [0.5, 0.6) is 0 Å². The summed E-state index contributed by atoms with van der Waals surface area (Å²) in [6, 6.07) is 11.5. The number of fused-ring (bicyclic) bond motifs is 1. The molecule has 0 bridgehead atoms. The Labute approximate surface area is 142 Å². The van der Waals surface area contributed by atoms with Crippen molar-refractivity contribution >= 4 is 33.3 Å². The first kappa shape index (κ1) is 14.6. The number of hydrogen-bond donors (Lipinski definition) is 1. The molecule has 1 amide bonds. The number of amides is 1. The number of carbonyl (C=O) groups is 1. The summed E-state index contributed by atoms with van der Waals surface area (Å²) in [6.07, 6.45) is 5.45. The third kappa shape index (κ3) is 2.68. The van der Waals surface area contributed by atoms with Gasteiger partial charge in [-0.3, -0.25) is 15.1 Å². The number of hydrogen-bond acceptors (Lipinski definition) is 4. The lowest BCUT2D eigenvalue weighted by Crippen LogP contribution is -2.11. The Hall–Kier alpha value is -2.99. The highest BCUT2D eigenvalue weighted by Crippen LogP contribution is 2.25. The van der Waals surface area contributed by atoms with E-state index in [0.717, 1.165) is 22.2 Å². The van der Waals surface area contributed by atoms with Gasteiger partial charge in [-0.25, -0.2) is 4.98 Å². The number of pyridine rings is 1. The van der Waals surface area contributed by atoms with Crippen molar-refractivity contribution in [2.45, 2.75) is 0 Å². The Morgan fingerprint density at radius 1 is 1.25 bits per heavy atom. The topological polar surface area (TPSA) is 59.8 Å². The molecule has 5 nitrogen and oxygen atoms in total. The monoisotopic (exact) mass is 334 g/mol. The maximum Gasteiger partial charge on any atom is 0.257 e. The average molecular weight is 334 g/mol. The number of carbonyl (C=O) groups excluding carboxylic acids is 1. The summed E-state index contributed by atoms with van der Waals surface area (Å²) in [5.74, 6) is -0.162. The maximum atomic E-state index is 12.5. The van der Waals surface area contributed by atoms with Gasteiger partial charge >= 0.3 is 0 Å². The first-order valence-electron chi connectivity index (χ1n) is 7.43. The molecule has 3 heterocycles. The Morgan fingerprint density at radius 2 is 2.17 bits per heavy atom. The third-order valence-corrected chi connectivity index (χ3v) is 4.59. The molecule has 118 valence electrons. The van der Waals surface area contributed by atoms with Gasteiger partial charge in [0.05, 0.1) is 5.69 Å². The summed E-state index contributed by atoms with van der Waals surface area (Å²) in [5.41, 5.74) is 3.38. The third-order valence-electron chi connectivity index (χ3n) is 3.83. The van der Waals surface area contributed by atoms with Crippen molar-refractivity contribution in [3.8, 4) is 11.3 Å². The molecule has 0 aliphatic heterocycles. The van der Waals surface area contributed by atoms with Gasteiger partial charge in [-0.1, -0.05) is 6.07 Å². The Bertz CT molecular complexity index is 1020. The Morgan fingerprint density at radius 3 is 3.00 bits per heavy atom. The zero-order valence-corrected chi connectivity index (χ0v) is 13.7. The molecule has 0 aliphatic rings.